The molecule has 29 heavy (non-hydrogen) atoms. The number of phenols is 1. The third-order valence-electron chi connectivity index (χ3n) is 4.75. The van der Waals surface area contributed by atoms with Gasteiger partial charge in [-0.15, -0.1) is 0 Å². The van der Waals surface area contributed by atoms with Crippen LogP contribution < -0.4 is 48.9 Å². The summed E-state index contributed by atoms with van der Waals surface area (Å²) in [6, 6.07) is 9.95. The van der Waals surface area contributed by atoms with Gasteiger partial charge in [-0.05, 0) is 54.2 Å². The molecule has 0 fully saturated rings. The van der Waals surface area contributed by atoms with E-state index in [1.807, 2.05) is 0 Å². The third-order valence-corrected chi connectivity index (χ3v) is 4.75. The Morgan fingerprint density at radius 2 is 1.48 bits per heavy atom. The van der Waals surface area contributed by atoms with Crippen LogP contribution in [0.5, 0.6) is 23.0 Å². The predicted octanol–water partition coefficient (Wildman–Crippen LogP) is -1.82. The minimum Gasteiger partial charge on any atom is -0.550 e. The Morgan fingerprint density at radius 3 is 2.03 bits per heavy atom. The summed E-state index contributed by atoms with van der Waals surface area (Å²) in [6.45, 7) is -0.317. The van der Waals surface area contributed by atoms with Crippen LogP contribution in [0, 0.1) is 11.8 Å². The van der Waals surface area contributed by atoms with E-state index in [0.29, 0.717) is 23.5 Å². The number of rotatable bonds is 10. The number of benzene rings is 2. The quantitative estimate of drug-likeness (QED) is 0.443. The summed E-state index contributed by atoms with van der Waals surface area (Å²) in [7, 11) is 4.47. The van der Waals surface area contributed by atoms with E-state index in [4.69, 9.17) is 14.2 Å². The monoisotopic (exact) mass is 412 g/mol. The molecule has 0 saturated heterocycles. The molecule has 152 valence electrons. The maximum absolute atomic E-state index is 11.8. The molecule has 7 nitrogen and oxygen atoms in total. The van der Waals surface area contributed by atoms with Crippen LogP contribution in [0.3, 0.4) is 0 Å². The molecule has 2 N–H and O–H groups in total. The van der Waals surface area contributed by atoms with Gasteiger partial charge in [0.15, 0.2) is 23.0 Å². The maximum atomic E-state index is 11.8. The molecule has 0 spiro atoms. The van der Waals surface area contributed by atoms with Crippen LogP contribution in [0.2, 0.25) is 0 Å². The summed E-state index contributed by atoms with van der Waals surface area (Å²) in [5, 5.41) is 31.3. The fourth-order valence-electron chi connectivity index (χ4n) is 3.19. The molecule has 2 unspecified atom stereocenters. The van der Waals surface area contributed by atoms with Crippen molar-refractivity contribution in [3.63, 3.8) is 0 Å². The zero-order chi connectivity index (χ0) is 20.7. The smallest absolute Gasteiger partial charge is 0.550 e. The first-order valence-corrected chi connectivity index (χ1v) is 8.82. The number of aliphatic hydroxyl groups is 1. The molecule has 8 heteroatoms. The molecule has 0 saturated carbocycles. The second-order valence-corrected chi connectivity index (χ2v) is 6.47. The summed E-state index contributed by atoms with van der Waals surface area (Å²) >= 11 is 0. The van der Waals surface area contributed by atoms with Gasteiger partial charge >= 0.3 is 29.6 Å². The summed E-state index contributed by atoms with van der Waals surface area (Å²) in [4.78, 5) is 11.8. The Hall–Kier alpha value is -1.93. The Balaban J connectivity index is 0.00000420. The number of hydrogen-bond donors (Lipinski definition) is 2. The van der Waals surface area contributed by atoms with Crippen LogP contribution in [-0.2, 0) is 17.6 Å². The zero-order valence-electron chi connectivity index (χ0n) is 17.2. The molecule has 0 amide bonds. The van der Waals surface area contributed by atoms with Gasteiger partial charge in [0.1, 0.15) is 0 Å². The number of ether oxygens (including phenoxy) is 3. The molecule has 0 aliphatic rings. The first-order chi connectivity index (χ1) is 13.4. The van der Waals surface area contributed by atoms with Gasteiger partial charge in [0.25, 0.3) is 0 Å². The fourth-order valence-corrected chi connectivity index (χ4v) is 3.19. The topological polar surface area (TPSA) is 108 Å². The van der Waals surface area contributed by atoms with Crippen LogP contribution in [0.15, 0.2) is 36.4 Å². The number of methoxy groups -OCH3 is 3. The average molecular weight is 412 g/mol. The molecule has 0 heterocycles. The first-order valence-electron chi connectivity index (χ1n) is 8.82. The standard InChI is InChI=1S/C21H26O7.Na/c1-26-18-7-5-13(11-20(18)28-3)8-15(12-22)16(21(24)25)9-14-4-6-17(23)19(10-14)27-2;/h4-7,10-11,15-16,22-23H,8-9,12H2,1-3H3,(H,24,25);/q;+1/p-1. The number of phenolic OH excluding ortho intramolecular Hbond substituents is 1. The minimum atomic E-state index is -1.24. The van der Waals surface area contributed by atoms with Crippen molar-refractivity contribution < 1.29 is 63.9 Å². The predicted molar refractivity (Wildman–Crippen MR) is 101 cm³/mol. The van der Waals surface area contributed by atoms with Crippen LogP contribution in [-0.4, -0.2) is 44.1 Å². The number of hydrogen-bond acceptors (Lipinski definition) is 7. The molecular formula is C21H25NaO7. The number of carbonyl (C=O) groups excluding carboxylic acids is 1. The number of carbonyl (C=O) groups is 1. The van der Waals surface area contributed by atoms with Gasteiger partial charge in [-0.1, -0.05) is 12.1 Å². The molecule has 0 aliphatic heterocycles. The molecular weight excluding hydrogens is 387 g/mol. The van der Waals surface area contributed by atoms with Crippen LogP contribution in [0.4, 0.5) is 0 Å². The normalized spacial score (nSPS) is 12.4. The number of carboxylic acid groups (broad SMARTS) is 1. The summed E-state index contributed by atoms with van der Waals surface area (Å²) in [6.07, 6.45) is 0.461. The van der Waals surface area contributed by atoms with E-state index in [1.165, 1.54) is 27.4 Å². The van der Waals surface area contributed by atoms with Crippen molar-refractivity contribution in [3.8, 4) is 23.0 Å². The molecule has 0 aromatic heterocycles. The van der Waals surface area contributed by atoms with Gasteiger partial charge < -0.3 is 34.3 Å². The zero-order valence-corrected chi connectivity index (χ0v) is 19.2. The van der Waals surface area contributed by atoms with Crippen molar-refractivity contribution in [1.29, 1.82) is 0 Å². The Labute approximate surface area is 192 Å². The van der Waals surface area contributed by atoms with E-state index in [2.05, 4.69) is 0 Å². The molecule has 2 rings (SSSR count). The number of aromatic hydroxyl groups is 1. The molecule has 0 aliphatic carbocycles. The Bertz CT molecular complexity index is 810. The van der Waals surface area contributed by atoms with Crippen molar-refractivity contribution in [2.75, 3.05) is 27.9 Å². The summed E-state index contributed by atoms with van der Waals surface area (Å²) < 4.78 is 15.6. The fraction of sp³-hybridized carbons (Fsp3) is 0.381. The van der Waals surface area contributed by atoms with Gasteiger partial charge in [0.05, 0.1) is 21.3 Å². The Morgan fingerprint density at radius 1 is 0.931 bits per heavy atom. The van der Waals surface area contributed by atoms with Gasteiger partial charge in [0.2, 0.25) is 0 Å². The Kier molecular flexibility index (Phi) is 10.3. The van der Waals surface area contributed by atoms with Gasteiger partial charge in [0, 0.05) is 18.5 Å². The molecule has 2 aromatic carbocycles. The van der Waals surface area contributed by atoms with Gasteiger partial charge in [-0.25, -0.2) is 0 Å². The van der Waals surface area contributed by atoms with E-state index in [1.54, 1.807) is 30.3 Å². The second-order valence-electron chi connectivity index (χ2n) is 6.47. The van der Waals surface area contributed by atoms with Gasteiger partial charge in [-0.3, -0.25) is 0 Å². The van der Waals surface area contributed by atoms with E-state index >= 15 is 0 Å². The number of aliphatic carboxylic acids is 1. The SMILES string of the molecule is COc1cc(CC(C(=O)[O-])C(CO)Cc2ccc(OC)c(OC)c2)ccc1O.[Na+]. The van der Waals surface area contributed by atoms with E-state index in [9.17, 15) is 20.1 Å². The van der Waals surface area contributed by atoms with Crippen molar-refractivity contribution in [3.05, 3.63) is 47.5 Å². The van der Waals surface area contributed by atoms with Crippen molar-refractivity contribution in [2.24, 2.45) is 11.8 Å². The maximum Gasteiger partial charge on any atom is 1.00 e. The van der Waals surface area contributed by atoms with Crippen molar-refractivity contribution in [1.82, 2.24) is 0 Å². The summed E-state index contributed by atoms with van der Waals surface area (Å²) in [5.74, 6) is -1.40. The first kappa shape index (κ1) is 25.1. The molecule has 2 aromatic rings. The average Bonchev–Trinajstić information content (AvgIpc) is 2.71. The minimum absolute atomic E-state index is 0. The number of aliphatic hydroxyl groups excluding tert-OH is 1. The van der Waals surface area contributed by atoms with Crippen LogP contribution in [0.25, 0.3) is 0 Å². The van der Waals surface area contributed by atoms with E-state index < -0.39 is 17.8 Å². The van der Waals surface area contributed by atoms with Crippen molar-refractivity contribution in [2.45, 2.75) is 12.8 Å². The largest absolute Gasteiger partial charge is 1.00 e. The van der Waals surface area contributed by atoms with Crippen molar-refractivity contribution >= 4 is 5.97 Å². The number of carboxylic acids is 1. The molecule has 2 atom stereocenters. The van der Waals surface area contributed by atoms with Gasteiger partial charge in [-0.2, -0.15) is 0 Å². The third kappa shape index (κ3) is 6.54. The van der Waals surface area contributed by atoms with E-state index in [-0.39, 0.29) is 54.1 Å². The van der Waals surface area contributed by atoms with Crippen LogP contribution in [0.1, 0.15) is 11.1 Å². The summed E-state index contributed by atoms with van der Waals surface area (Å²) in [5.41, 5.74) is 1.47. The van der Waals surface area contributed by atoms with Crippen LogP contribution >= 0.6 is 0 Å². The molecule has 0 bridgehead atoms. The van der Waals surface area contributed by atoms with E-state index in [0.717, 1.165) is 5.56 Å². The second kappa shape index (κ2) is 11.9. The molecule has 0 radical (unpaired) electrons.